The van der Waals surface area contributed by atoms with Crippen LogP contribution in [0, 0.1) is 0 Å². The van der Waals surface area contributed by atoms with Crippen LogP contribution in [0.25, 0.3) is 0 Å². The molecule has 9 heteroatoms. The molecule has 2 aromatic rings. The first kappa shape index (κ1) is 18.3. The van der Waals surface area contributed by atoms with Crippen molar-refractivity contribution in [2.24, 2.45) is 5.14 Å². The van der Waals surface area contributed by atoms with Gasteiger partial charge < -0.3 is 9.47 Å². The fourth-order valence-electron chi connectivity index (χ4n) is 1.98. The molecule has 0 spiro atoms. The average molecular weight is 363 g/mol. The highest BCUT2D eigenvalue weighted by Crippen LogP contribution is 2.29. The lowest BCUT2D eigenvalue weighted by molar-refractivity contribution is -0.132. The van der Waals surface area contributed by atoms with Gasteiger partial charge in [-0.1, -0.05) is 18.2 Å². The largest absolute Gasteiger partial charge is 0.424 e. The molecule has 2 aromatic carbocycles. The second kappa shape index (κ2) is 7.24. The Hall–Kier alpha value is -3.04. The Morgan fingerprint density at radius 3 is 2.32 bits per heavy atom. The first-order valence-corrected chi connectivity index (χ1v) is 8.39. The van der Waals surface area contributed by atoms with Crippen LogP contribution < -0.4 is 14.6 Å². The summed E-state index contributed by atoms with van der Waals surface area (Å²) < 4.78 is 33.3. The van der Waals surface area contributed by atoms with Crippen molar-refractivity contribution in [2.45, 2.75) is 11.8 Å². The first-order valence-electron chi connectivity index (χ1n) is 6.84. The number of para-hydroxylation sites is 2. The van der Waals surface area contributed by atoms with E-state index in [0.29, 0.717) is 6.29 Å². The van der Waals surface area contributed by atoms with Gasteiger partial charge in [0.05, 0.1) is 5.56 Å². The number of nitrogens with two attached hydrogens (primary N) is 1. The fourth-order valence-corrected chi connectivity index (χ4v) is 2.65. The van der Waals surface area contributed by atoms with Gasteiger partial charge in [0.1, 0.15) is 16.2 Å². The molecule has 2 rings (SSSR count). The van der Waals surface area contributed by atoms with Crippen LogP contribution in [0.15, 0.2) is 47.4 Å². The summed E-state index contributed by atoms with van der Waals surface area (Å²) in [6, 6.07) is 9.48. The number of sulfonamides is 1. The smallest absolute Gasteiger partial charge is 0.347 e. The van der Waals surface area contributed by atoms with Crippen LogP contribution in [-0.4, -0.2) is 26.6 Å². The maximum Gasteiger partial charge on any atom is 0.347 e. The van der Waals surface area contributed by atoms with Gasteiger partial charge in [-0.25, -0.2) is 18.4 Å². The van der Waals surface area contributed by atoms with Gasteiger partial charge in [-0.2, -0.15) is 0 Å². The quantitative estimate of drug-likeness (QED) is 0.481. The molecule has 25 heavy (non-hydrogen) atoms. The van der Waals surface area contributed by atoms with Crippen molar-refractivity contribution in [3.05, 3.63) is 53.6 Å². The molecule has 0 saturated heterocycles. The van der Waals surface area contributed by atoms with Crippen LogP contribution in [0.5, 0.6) is 11.5 Å². The van der Waals surface area contributed by atoms with Crippen LogP contribution in [-0.2, 0) is 14.8 Å². The highest BCUT2D eigenvalue weighted by molar-refractivity contribution is 7.89. The van der Waals surface area contributed by atoms with Gasteiger partial charge in [0, 0.05) is 6.92 Å². The van der Waals surface area contributed by atoms with Gasteiger partial charge in [-0.15, -0.1) is 0 Å². The number of hydrogen-bond donors (Lipinski definition) is 1. The molecule has 0 aromatic heterocycles. The highest BCUT2D eigenvalue weighted by Gasteiger charge is 2.25. The molecule has 0 aliphatic carbocycles. The number of aldehydes is 1. The molecule has 0 fully saturated rings. The lowest BCUT2D eigenvalue weighted by Gasteiger charge is -2.12. The topological polar surface area (TPSA) is 130 Å². The van der Waals surface area contributed by atoms with E-state index in [1.165, 1.54) is 24.3 Å². The third-order valence-electron chi connectivity index (χ3n) is 3.00. The standard InChI is InChI=1S/C16H13NO7S/c1-10(19)23-15-12(6-4-8-14(15)25(17,21)22)16(20)24-13-7-3-2-5-11(13)9-18/h2-9H,1H3,(H2,17,21,22). The van der Waals surface area contributed by atoms with Crippen molar-refractivity contribution >= 4 is 28.2 Å². The van der Waals surface area contributed by atoms with Crippen molar-refractivity contribution in [2.75, 3.05) is 0 Å². The predicted molar refractivity (Wildman–Crippen MR) is 85.9 cm³/mol. The fraction of sp³-hybridized carbons (Fsp3) is 0.0625. The molecule has 0 radical (unpaired) electrons. The van der Waals surface area contributed by atoms with Crippen molar-refractivity contribution in [1.82, 2.24) is 0 Å². The van der Waals surface area contributed by atoms with Crippen LogP contribution in [0.2, 0.25) is 0 Å². The molecule has 0 unspecified atom stereocenters. The Morgan fingerprint density at radius 1 is 1.04 bits per heavy atom. The van der Waals surface area contributed by atoms with Crippen LogP contribution in [0.1, 0.15) is 27.6 Å². The molecule has 2 N–H and O–H groups in total. The lowest BCUT2D eigenvalue weighted by atomic mass is 10.2. The van der Waals surface area contributed by atoms with E-state index in [1.54, 1.807) is 12.1 Å². The minimum absolute atomic E-state index is 0.0303. The summed E-state index contributed by atoms with van der Waals surface area (Å²) in [6.07, 6.45) is 0.496. The molecule has 0 saturated carbocycles. The Bertz CT molecular complexity index is 951. The highest BCUT2D eigenvalue weighted by atomic mass is 32.2. The lowest BCUT2D eigenvalue weighted by Crippen LogP contribution is -2.19. The molecular weight excluding hydrogens is 350 g/mol. The number of hydrogen-bond acceptors (Lipinski definition) is 7. The number of esters is 2. The van der Waals surface area contributed by atoms with E-state index in [2.05, 4.69) is 0 Å². The minimum atomic E-state index is -4.26. The third kappa shape index (κ3) is 4.28. The summed E-state index contributed by atoms with van der Waals surface area (Å²) in [5.74, 6) is -2.43. The molecule has 0 bridgehead atoms. The number of carbonyl (C=O) groups is 3. The van der Waals surface area contributed by atoms with E-state index in [0.717, 1.165) is 13.0 Å². The van der Waals surface area contributed by atoms with Gasteiger partial charge >= 0.3 is 11.9 Å². The number of rotatable bonds is 5. The number of carbonyl (C=O) groups excluding carboxylic acids is 3. The molecule has 0 amide bonds. The zero-order valence-corrected chi connectivity index (χ0v) is 13.8. The molecular formula is C16H13NO7S. The second-order valence-electron chi connectivity index (χ2n) is 4.82. The summed E-state index contributed by atoms with van der Waals surface area (Å²) >= 11 is 0. The molecule has 130 valence electrons. The number of primary sulfonamides is 1. The van der Waals surface area contributed by atoms with Gasteiger partial charge in [-0.3, -0.25) is 9.59 Å². The van der Waals surface area contributed by atoms with Crippen molar-refractivity contribution < 1.29 is 32.3 Å². The van der Waals surface area contributed by atoms with Crippen molar-refractivity contribution in [1.29, 1.82) is 0 Å². The van der Waals surface area contributed by atoms with Gasteiger partial charge in [0.25, 0.3) is 0 Å². The van der Waals surface area contributed by atoms with Crippen LogP contribution in [0.3, 0.4) is 0 Å². The summed E-state index contributed by atoms with van der Waals surface area (Å²) in [5, 5.41) is 5.08. The predicted octanol–water partition coefficient (Wildman–Crippen LogP) is 1.29. The summed E-state index contributed by atoms with van der Waals surface area (Å²) in [7, 11) is -4.26. The summed E-state index contributed by atoms with van der Waals surface area (Å²) in [5.41, 5.74) is -0.213. The SMILES string of the molecule is CC(=O)Oc1c(C(=O)Oc2ccccc2C=O)cccc1S(N)(=O)=O. The van der Waals surface area contributed by atoms with Gasteiger partial charge in [0.2, 0.25) is 10.0 Å². The maximum absolute atomic E-state index is 12.4. The summed E-state index contributed by atoms with van der Waals surface area (Å²) in [6.45, 7) is 1.04. The van der Waals surface area contributed by atoms with Crippen LogP contribution in [0.4, 0.5) is 0 Å². The summed E-state index contributed by atoms with van der Waals surface area (Å²) in [4.78, 5) is 34.1. The van der Waals surface area contributed by atoms with Crippen molar-refractivity contribution in [3.8, 4) is 11.5 Å². The van der Waals surface area contributed by atoms with Gasteiger partial charge in [-0.05, 0) is 24.3 Å². The van der Waals surface area contributed by atoms with E-state index >= 15 is 0 Å². The maximum atomic E-state index is 12.4. The van der Waals surface area contributed by atoms with E-state index < -0.39 is 32.6 Å². The van der Waals surface area contributed by atoms with E-state index in [9.17, 15) is 22.8 Å². The monoisotopic (exact) mass is 363 g/mol. The van der Waals surface area contributed by atoms with Crippen LogP contribution >= 0.6 is 0 Å². The Kier molecular flexibility index (Phi) is 5.30. The molecule has 0 aliphatic rings. The van der Waals surface area contributed by atoms with Gasteiger partial charge in [0.15, 0.2) is 12.0 Å². The molecule has 0 atom stereocenters. The Labute approximate surface area is 143 Å². The van der Waals surface area contributed by atoms with Crippen molar-refractivity contribution in [3.63, 3.8) is 0 Å². The zero-order chi connectivity index (χ0) is 18.6. The number of benzene rings is 2. The molecule has 0 aliphatic heterocycles. The zero-order valence-electron chi connectivity index (χ0n) is 13.0. The third-order valence-corrected chi connectivity index (χ3v) is 3.93. The molecule has 8 nitrogen and oxygen atoms in total. The molecule has 0 heterocycles. The van der Waals surface area contributed by atoms with E-state index in [4.69, 9.17) is 14.6 Å². The Morgan fingerprint density at radius 2 is 1.72 bits per heavy atom. The van der Waals surface area contributed by atoms with E-state index in [-0.39, 0.29) is 16.9 Å². The normalized spacial score (nSPS) is 10.8. The average Bonchev–Trinajstić information content (AvgIpc) is 2.53. The minimum Gasteiger partial charge on any atom is -0.424 e. The Balaban J connectivity index is 2.52. The number of ether oxygens (including phenoxy) is 2. The van der Waals surface area contributed by atoms with E-state index in [1.807, 2.05) is 0 Å². The first-order chi connectivity index (χ1) is 11.7. The second-order valence-corrected chi connectivity index (χ2v) is 6.35.